The molecule has 114 valence electrons. The number of allylic oxidation sites excluding steroid dienone is 1. The second-order valence-electron chi connectivity index (χ2n) is 7.53. The van der Waals surface area contributed by atoms with Gasteiger partial charge in [0.2, 0.25) is 5.91 Å². The molecule has 0 aromatic heterocycles. The van der Waals surface area contributed by atoms with Crippen LogP contribution in [0.3, 0.4) is 0 Å². The first-order valence-electron chi connectivity index (χ1n) is 8.04. The third kappa shape index (κ3) is 2.93. The Labute approximate surface area is 123 Å². The second kappa shape index (κ2) is 5.88. The molecule has 0 spiro atoms. The van der Waals surface area contributed by atoms with E-state index in [-0.39, 0.29) is 16.9 Å². The van der Waals surface area contributed by atoms with E-state index < -0.39 is 0 Å². The van der Waals surface area contributed by atoms with Gasteiger partial charge in [-0.15, -0.1) is 6.58 Å². The van der Waals surface area contributed by atoms with Gasteiger partial charge in [0, 0.05) is 5.54 Å². The van der Waals surface area contributed by atoms with Gasteiger partial charge in [-0.25, -0.2) is 0 Å². The van der Waals surface area contributed by atoms with Crippen LogP contribution in [0.1, 0.15) is 52.9 Å². The molecule has 1 aliphatic heterocycles. The molecule has 2 atom stereocenters. The first kappa shape index (κ1) is 15.6. The molecule has 3 nitrogen and oxygen atoms in total. The minimum Gasteiger partial charge on any atom is -0.351 e. The molecule has 3 heteroatoms. The van der Waals surface area contributed by atoms with Gasteiger partial charge < -0.3 is 10.6 Å². The van der Waals surface area contributed by atoms with Crippen molar-refractivity contribution in [3.05, 3.63) is 12.7 Å². The van der Waals surface area contributed by atoms with Gasteiger partial charge in [-0.2, -0.15) is 0 Å². The molecule has 1 amide bonds. The molecule has 1 heterocycles. The van der Waals surface area contributed by atoms with E-state index in [1.165, 1.54) is 6.42 Å². The van der Waals surface area contributed by atoms with Gasteiger partial charge in [-0.3, -0.25) is 4.79 Å². The fourth-order valence-corrected chi connectivity index (χ4v) is 4.00. The number of carbonyl (C=O) groups is 1. The Morgan fingerprint density at radius 1 is 1.35 bits per heavy atom. The maximum absolute atomic E-state index is 13.0. The maximum atomic E-state index is 13.0. The molecule has 2 rings (SSSR count). The van der Waals surface area contributed by atoms with Crippen LogP contribution in [0, 0.1) is 17.3 Å². The summed E-state index contributed by atoms with van der Waals surface area (Å²) in [6, 6.07) is 0. The Morgan fingerprint density at radius 3 is 2.45 bits per heavy atom. The third-order valence-electron chi connectivity index (χ3n) is 5.07. The minimum absolute atomic E-state index is 0.135. The number of carbonyl (C=O) groups excluding carboxylic acids is 1. The summed E-state index contributed by atoms with van der Waals surface area (Å²) in [4.78, 5) is 13.0. The van der Waals surface area contributed by atoms with Crippen molar-refractivity contribution in [3.63, 3.8) is 0 Å². The van der Waals surface area contributed by atoms with Gasteiger partial charge >= 0.3 is 0 Å². The van der Waals surface area contributed by atoms with Crippen LogP contribution in [0.2, 0.25) is 0 Å². The van der Waals surface area contributed by atoms with E-state index in [2.05, 4.69) is 38.0 Å². The number of amides is 1. The third-order valence-corrected chi connectivity index (χ3v) is 5.07. The van der Waals surface area contributed by atoms with Gasteiger partial charge in [0.15, 0.2) is 0 Å². The fraction of sp³-hybridized carbons (Fsp3) is 0.824. The molecule has 2 unspecified atom stereocenters. The lowest BCUT2D eigenvalue weighted by molar-refractivity contribution is -0.152. The van der Waals surface area contributed by atoms with Crippen molar-refractivity contribution >= 4 is 5.91 Å². The average Bonchev–Trinajstić information content (AvgIpc) is 2.34. The molecule has 0 aromatic rings. The Kier molecular flexibility index (Phi) is 4.58. The van der Waals surface area contributed by atoms with E-state index in [4.69, 9.17) is 0 Å². The van der Waals surface area contributed by atoms with Crippen LogP contribution < -0.4 is 10.6 Å². The Bertz CT molecular complexity index is 366. The molecule has 2 fully saturated rings. The van der Waals surface area contributed by atoms with Gasteiger partial charge in [0.1, 0.15) is 0 Å². The highest BCUT2D eigenvalue weighted by Gasteiger charge is 2.56. The lowest BCUT2D eigenvalue weighted by Gasteiger charge is -2.54. The largest absolute Gasteiger partial charge is 0.351 e. The first-order chi connectivity index (χ1) is 9.40. The summed E-state index contributed by atoms with van der Waals surface area (Å²) in [5.41, 5.74) is -0.283. The molecule has 2 N–H and O–H groups in total. The zero-order chi connectivity index (χ0) is 14.8. The topological polar surface area (TPSA) is 41.1 Å². The van der Waals surface area contributed by atoms with Gasteiger partial charge in [-0.05, 0) is 77.8 Å². The van der Waals surface area contributed by atoms with Crippen LogP contribution in [-0.2, 0) is 4.79 Å². The monoisotopic (exact) mass is 278 g/mol. The van der Waals surface area contributed by atoms with E-state index in [0.717, 1.165) is 38.8 Å². The van der Waals surface area contributed by atoms with Crippen molar-refractivity contribution in [3.8, 4) is 0 Å². The number of piperidine rings is 1. The summed E-state index contributed by atoms with van der Waals surface area (Å²) in [6.45, 7) is 12.2. The minimum atomic E-state index is -0.148. The highest BCUT2D eigenvalue weighted by molar-refractivity contribution is 5.85. The van der Waals surface area contributed by atoms with E-state index in [9.17, 15) is 4.79 Å². The number of hydrogen-bond donors (Lipinski definition) is 2. The van der Waals surface area contributed by atoms with Crippen molar-refractivity contribution in [2.45, 2.75) is 58.4 Å². The van der Waals surface area contributed by atoms with Crippen LogP contribution in [0.25, 0.3) is 0 Å². The van der Waals surface area contributed by atoms with Gasteiger partial charge in [-0.1, -0.05) is 6.08 Å². The molecule has 20 heavy (non-hydrogen) atoms. The maximum Gasteiger partial charge on any atom is 0.227 e. The quantitative estimate of drug-likeness (QED) is 0.776. The Morgan fingerprint density at radius 2 is 2.00 bits per heavy atom. The summed E-state index contributed by atoms with van der Waals surface area (Å²) in [7, 11) is 0. The van der Waals surface area contributed by atoms with Crippen molar-refractivity contribution in [1.29, 1.82) is 0 Å². The van der Waals surface area contributed by atoms with E-state index in [1.807, 2.05) is 6.08 Å². The lowest BCUT2D eigenvalue weighted by Crippen LogP contribution is -2.60. The molecule has 1 aliphatic carbocycles. The number of rotatable bonds is 4. The normalized spacial score (nSPS) is 31.4. The van der Waals surface area contributed by atoms with Crippen LogP contribution >= 0.6 is 0 Å². The zero-order valence-corrected chi connectivity index (χ0v) is 13.3. The van der Waals surface area contributed by atoms with Crippen LogP contribution in [0.5, 0.6) is 0 Å². The second-order valence-corrected chi connectivity index (χ2v) is 7.53. The van der Waals surface area contributed by atoms with E-state index >= 15 is 0 Å². The summed E-state index contributed by atoms with van der Waals surface area (Å²) in [5.74, 6) is 1.31. The van der Waals surface area contributed by atoms with Crippen molar-refractivity contribution in [1.82, 2.24) is 10.6 Å². The van der Waals surface area contributed by atoms with Crippen molar-refractivity contribution in [2.75, 3.05) is 13.1 Å². The molecule has 0 radical (unpaired) electrons. The summed E-state index contributed by atoms with van der Waals surface area (Å²) in [5, 5.41) is 6.67. The zero-order valence-electron chi connectivity index (χ0n) is 13.3. The molecule has 0 aromatic carbocycles. The van der Waals surface area contributed by atoms with Gasteiger partial charge in [0.05, 0.1) is 5.41 Å². The standard InChI is InChI=1S/C17H30N2O/c1-5-6-13-7-10-17(13,14-8-11-18-12-9-14)15(20)19-16(2,3)4/h5,13-14,18H,1,6-12H2,2-4H3,(H,19,20). The summed E-state index contributed by atoms with van der Waals surface area (Å²) in [6.07, 6.45) is 7.45. The molecular weight excluding hydrogens is 248 g/mol. The summed E-state index contributed by atoms with van der Waals surface area (Å²) >= 11 is 0. The number of hydrogen-bond acceptors (Lipinski definition) is 2. The summed E-state index contributed by atoms with van der Waals surface area (Å²) < 4.78 is 0. The average molecular weight is 278 g/mol. The molecule has 1 saturated heterocycles. The van der Waals surface area contributed by atoms with Crippen LogP contribution in [0.15, 0.2) is 12.7 Å². The Balaban J connectivity index is 2.19. The highest BCUT2D eigenvalue weighted by Crippen LogP contribution is 2.56. The fourth-order valence-electron chi connectivity index (χ4n) is 4.00. The predicted molar refractivity (Wildman–Crippen MR) is 83.5 cm³/mol. The van der Waals surface area contributed by atoms with Crippen molar-refractivity contribution in [2.24, 2.45) is 17.3 Å². The molecule has 0 bridgehead atoms. The van der Waals surface area contributed by atoms with E-state index in [0.29, 0.717) is 11.8 Å². The lowest BCUT2D eigenvalue weighted by atomic mass is 9.51. The molecular formula is C17H30N2O. The predicted octanol–water partition coefficient (Wildman–Crippen LogP) is 2.87. The molecule has 2 aliphatic rings. The molecule has 1 saturated carbocycles. The van der Waals surface area contributed by atoms with Crippen LogP contribution in [0.4, 0.5) is 0 Å². The van der Waals surface area contributed by atoms with E-state index in [1.54, 1.807) is 0 Å². The van der Waals surface area contributed by atoms with Gasteiger partial charge in [0.25, 0.3) is 0 Å². The van der Waals surface area contributed by atoms with Crippen LogP contribution in [-0.4, -0.2) is 24.5 Å². The highest BCUT2D eigenvalue weighted by atomic mass is 16.2. The SMILES string of the molecule is C=CCC1CCC1(C(=O)NC(C)(C)C)C1CCNCC1. The van der Waals surface area contributed by atoms with Crippen molar-refractivity contribution < 1.29 is 4.79 Å². The number of nitrogens with one attached hydrogen (secondary N) is 2. The Hall–Kier alpha value is -0.830. The first-order valence-corrected chi connectivity index (χ1v) is 8.04. The smallest absolute Gasteiger partial charge is 0.227 e.